The van der Waals surface area contributed by atoms with Crippen molar-refractivity contribution >= 4 is 33.6 Å². The van der Waals surface area contributed by atoms with Crippen molar-refractivity contribution in [2.24, 2.45) is 9.98 Å². The highest BCUT2D eigenvalue weighted by atomic mass is 16.3. The zero-order valence-electron chi connectivity index (χ0n) is 20.0. The quantitative estimate of drug-likeness (QED) is 0.251. The molecule has 5 aromatic carbocycles. The smallest absolute Gasteiger partial charge is 0.136 e. The number of benzene rings is 5. The fourth-order valence-electron chi connectivity index (χ4n) is 4.78. The van der Waals surface area contributed by atoms with Crippen LogP contribution in [0.2, 0.25) is 0 Å². The summed E-state index contributed by atoms with van der Waals surface area (Å²) in [6.07, 6.45) is -0.358. The summed E-state index contributed by atoms with van der Waals surface area (Å²) in [4.78, 5) is 9.74. The van der Waals surface area contributed by atoms with Gasteiger partial charge in [-0.2, -0.15) is 0 Å². The van der Waals surface area contributed by atoms with Crippen molar-refractivity contribution in [2.45, 2.75) is 6.17 Å². The molecule has 0 fully saturated rings. The molecular weight excluding hydrogens is 454 g/mol. The highest BCUT2D eigenvalue weighted by Gasteiger charge is 2.15. The normalized spacial score (nSPS) is 15.3. The van der Waals surface area contributed by atoms with Crippen LogP contribution in [0, 0.1) is 0 Å². The zero-order chi connectivity index (χ0) is 24.6. The average Bonchev–Trinajstić information content (AvgIpc) is 3.35. The Bertz CT molecular complexity index is 1790. The van der Waals surface area contributed by atoms with E-state index in [1.54, 1.807) is 0 Å². The van der Waals surface area contributed by atoms with Gasteiger partial charge in [0.15, 0.2) is 0 Å². The van der Waals surface area contributed by atoms with Gasteiger partial charge in [-0.1, -0.05) is 109 Å². The lowest BCUT2D eigenvalue weighted by Gasteiger charge is -2.32. The Hall–Kier alpha value is -4.96. The van der Waals surface area contributed by atoms with E-state index < -0.39 is 0 Å². The molecule has 1 aliphatic heterocycles. The molecule has 0 bridgehead atoms. The summed E-state index contributed by atoms with van der Waals surface area (Å²) < 4.78 is 6.34. The zero-order valence-corrected chi connectivity index (χ0v) is 20.0. The maximum atomic E-state index is 6.34. The average molecular weight is 477 g/mol. The molecule has 0 radical (unpaired) electrons. The van der Waals surface area contributed by atoms with Gasteiger partial charge >= 0.3 is 0 Å². The van der Waals surface area contributed by atoms with Gasteiger partial charge in [-0.3, -0.25) is 4.99 Å². The largest absolute Gasteiger partial charge is 0.456 e. The van der Waals surface area contributed by atoms with Gasteiger partial charge in [-0.05, 0) is 52.1 Å². The van der Waals surface area contributed by atoms with Crippen LogP contribution in [0.4, 0.5) is 0 Å². The fourth-order valence-corrected chi connectivity index (χ4v) is 4.78. The third kappa shape index (κ3) is 3.99. The Morgan fingerprint density at radius 2 is 1.11 bits per heavy atom. The Morgan fingerprint density at radius 3 is 1.78 bits per heavy atom. The number of hydrogen-bond donors (Lipinski definition) is 0. The predicted octanol–water partition coefficient (Wildman–Crippen LogP) is 8.53. The fraction of sp³-hybridized carbons (Fsp3) is 0.0303. The second kappa shape index (κ2) is 8.92. The van der Waals surface area contributed by atoms with Crippen molar-refractivity contribution in [3.8, 4) is 11.1 Å². The first kappa shape index (κ1) is 21.3. The van der Waals surface area contributed by atoms with Gasteiger partial charge in [0.1, 0.15) is 11.2 Å². The van der Waals surface area contributed by atoms with Crippen LogP contribution in [-0.2, 0) is 0 Å². The molecule has 2 heterocycles. The maximum absolute atomic E-state index is 6.34. The molecule has 1 unspecified atom stereocenters. The molecule has 0 spiro atoms. The Morgan fingerprint density at radius 1 is 0.541 bits per heavy atom. The van der Waals surface area contributed by atoms with Crippen LogP contribution in [0.25, 0.3) is 38.4 Å². The standard InChI is InChI=1S/C33H22N3O/c1-4-10-22(11-5-1)25-16-18-27-28-19-17-26(21-30(28)37-29(27)20-25)33-35-31(23-12-6-2-7-13-23)34-32(36-33)24-14-8-3-9-15-24/h1-21,31H/q-1. The molecule has 176 valence electrons. The lowest BCUT2D eigenvalue weighted by molar-refractivity contribution is 0.669. The van der Waals surface area contributed by atoms with Crippen molar-refractivity contribution in [3.63, 3.8) is 0 Å². The molecule has 0 saturated carbocycles. The Balaban J connectivity index is 1.31. The molecule has 1 aromatic heterocycles. The molecule has 0 N–H and O–H groups in total. The number of amidine groups is 2. The minimum absolute atomic E-state index is 0.358. The predicted molar refractivity (Wildman–Crippen MR) is 151 cm³/mol. The van der Waals surface area contributed by atoms with E-state index in [9.17, 15) is 0 Å². The van der Waals surface area contributed by atoms with E-state index in [0.29, 0.717) is 11.7 Å². The minimum atomic E-state index is -0.358. The number of aliphatic imine (C=N–C) groups is 2. The van der Waals surface area contributed by atoms with Crippen molar-refractivity contribution in [1.29, 1.82) is 0 Å². The first-order valence-electron chi connectivity index (χ1n) is 12.3. The van der Waals surface area contributed by atoms with Gasteiger partial charge < -0.3 is 14.7 Å². The lowest BCUT2D eigenvalue weighted by atomic mass is 10.0. The van der Waals surface area contributed by atoms with Crippen molar-refractivity contribution in [3.05, 3.63) is 149 Å². The molecule has 0 amide bonds. The molecule has 0 saturated heterocycles. The summed E-state index contributed by atoms with van der Waals surface area (Å²) in [7, 11) is 0. The first-order chi connectivity index (χ1) is 18.3. The van der Waals surface area contributed by atoms with E-state index in [1.165, 1.54) is 5.56 Å². The molecule has 6 aromatic rings. The van der Waals surface area contributed by atoms with E-state index in [0.717, 1.165) is 44.2 Å². The van der Waals surface area contributed by atoms with E-state index in [2.05, 4.69) is 66.7 Å². The van der Waals surface area contributed by atoms with Crippen molar-refractivity contribution < 1.29 is 4.42 Å². The summed E-state index contributed by atoms with van der Waals surface area (Å²) >= 11 is 0. The summed E-state index contributed by atoms with van der Waals surface area (Å²) in [6.45, 7) is 0. The van der Waals surface area contributed by atoms with Gasteiger partial charge in [0, 0.05) is 10.8 Å². The number of hydrogen-bond acceptors (Lipinski definition) is 3. The number of rotatable bonds is 4. The number of fused-ring (bicyclic) bond motifs is 3. The van der Waals surface area contributed by atoms with Crippen LogP contribution in [0.1, 0.15) is 22.9 Å². The Labute approximate surface area is 214 Å². The SMILES string of the molecule is c1ccc(C2=NC(c3ccccc3)[N-]C(c3ccc4c(c3)oc3cc(-c5ccccc5)ccc34)=N2)cc1. The van der Waals surface area contributed by atoms with Crippen molar-refractivity contribution in [1.82, 2.24) is 0 Å². The van der Waals surface area contributed by atoms with Crippen LogP contribution in [0.3, 0.4) is 0 Å². The summed E-state index contributed by atoms with van der Waals surface area (Å²) in [6, 6.07) is 43.1. The van der Waals surface area contributed by atoms with Gasteiger partial charge in [0.25, 0.3) is 0 Å². The molecule has 0 aliphatic carbocycles. The highest BCUT2D eigenvalue weighted by molar-refractivity contribution is 6.20. The van der Waals surface area contributed by atoms with E-state index >= 15 is 0 Å². The van der Waals surface area contributed by atoms with Crippen LogP contribution >= 0.6 is 0 Å². The van der Waals surface area contributed by atoms with Crippen molar-refractivity contribution in [2.75, 3.05) is 0 Å². The molecule has 4 heteroatoms. The van der Waals surface area contributed by atoms with Crippen LogP contribution < -0.4 is 0 Å². The van der Waals surface area contributed by atoms with Gasteiger partial charge in [0.2, 0.25) is 0 Å². The van der Waals surface area contributed by atoms with E-state index in [1.807, 2.05) is 60.7 Å². The second-order valence-corrected chi connectivity index (χ2v) is 9.06. The van der Waals surface area contributed by atoms with Crippen LogP contribution in [0.5, 0.6) is 0 Å². The third-order valence-electron chi connectivity index (χ3n) is 6.67. The minimum Gasteiger partial charge on any atom is -0.456 e. The Kier molecular flexibility index (Phi) is 5.14. The summed E-state index contributed by atoms with van der Waals surface area (Å²) in [5.74, 6) is 1.33. The van der Waals surface area contributed by atoms with Gasteiger partial charge in [0.05, 0.1) is 12.0 Å². The van der Waals surface area contributed by atoms with Crippen LogP contribution in [0.15, 0.2) is 142 Å². The van der Waals surface area contributed by atoms with Crippen LogP contribution in [-0.4, -0.2) is 11.7 Å². The van der Waals surface area contributed by atoms with E-state index in [4.69, 9.17) is 19.7 Å². The molecule has 7 rings (SSSR count). The molecule has 4 nitrogen and oxygen atoms in total. The van der Waals surface area contributed by atoms with E-state index in [-0.39, 0.29) is 6.17 Å². The summed E-state index contributed by atoms with van der Waals surface area (Å²) in [5, 5.41) is 7.10. The third-order valence-corrected chi connectivity index (χ3v) is 6.67. The second-order valence-electron chi connectivity index (χ2n) is 9.06. The summed E-state index contributed by atoms with van der Waals surface area (Å²) in [5.41, 5.74) is 6.88. The van der Waals surface area contributed by atoms with Gasteiger partial charge in [-0.25, -0.2) is 0 Å². The van der Waals surface area contributed by atoms with Gasteiger partial charge in [-0.15, -0.1) is 0 Å². The topological polar surface area (TPSA) is 52.0 Å². The number of nitrogens with zero attached hydrogens (tertiary/aromatic N) is 3. The highest BCUT2D eigenvalue weighted by Crippen LogP contribution is 2.35. The molecule has 37 heavy (non-hydrogen) atoms. The number of furan rings is 1. The molecule has 1 atom stereocenters. The molecule has 1 aliphatic rings. The maximum Gasteiger partial charge on any atom is 0.136 e. The monoisotopic (exact) mass is 476 g/mol. The molecular formula is C33H22N3O-. The lowest BCUT2D eigenvalue weighted by Crippen LogP contribution is -2.15. The first-order valence-corrected chi connectivity index (χ1v) is 12.3.